The van der Waals surface area contributed by atoms with Gasteiger partial charge in [0.25, 0.3) is 17.7 Å². The molecule has 20 heteroatoms. The average molecular weight is 992 g/mol. The number of esters is 1. The molecule has 3 saturated heterocycles. The van der Waals surface area contributed by atoms with Crippen LogP contribution < -0.4 is 10.7 Å². The number of rotatable bonds is 9. The van der Waals surface area contributed by atoms with Gasteiger partial charge in [-0.3, -0.25) is 34.1 Å². The molecule has 2 aromatic carbocycles. The summed E-state index contributed by atoms with van der Waals surface area (Å²) in [6.07, 6.45) is 1.53. The van der Waals surface area contributed by atoms with Gasteiger partial charge in [0.05, 0.1) is 56.2 Å². The lowest BCUT2D eigenvalue weighted by Gasteiger charge is -2.40. The van der Waals surface area contributed by atoms with Gasteiger partial charge in [0.1, 0.15) is 23.7 Å². The number of phenolic OH excluding ortho intramolecular Hbond substituents is 1. The van der Waals surface area contributed by atoms with Crippen molar-refractivity contribution in [2.45, 2.75) is 89.9 Å². The number of likely N-dealkylation sites (N-methyl/N-ethyl adjacent to an activating group) is 1. The third-order valence-corrected chi connectivity index (χ3v) is 13.7. The van der Waals surface area contributed by atoms with Crippen LogP contribution in [0.5, 0.6) is 5.75 Å². The normalized spacial score (nSPS) is 23.2. The van der Waals surface area contributed by atoms with E-state index < -0.39 is 64.3 Å². The quantitative estimate of drug-likeness (QED) is 0.119. The fourth-order valence-corrected chi connectivity index (χ4v) is 9.98. The van der Waals surface area contributed by atoms with Crippen LogP contribution in [-0.2, 0) is 57.8 Å². The molecule has 72 heavy (non-hydrogen) atoms. The predicted octanol–water partition coefficient (Wildman–Crippen LogP) is 1.83. The zero-order chi connectivity index (χ0) is 51.5. The first-order valence-corrected chi connectivity index (χ1v) is 24.4. The van der Waals surface area contributed by atoms with E-state index in [9.17, 15) is 39.3 Å². The minimum Gasteiger partial charge on any atom is -0.508 e. The summed E-state index contributed by atoms with van der Waals surface area (Å²) in [5.74, 6) is 1.72. The Morgan fingerprint density at radius 2 is 1.79 bits per heavy atom. The van der Waals surface area contributed by atoms with Crippen LogP contribution >= 0.6 is 0 Å². The molecular weight excluding hydrogens is 927 g/mol. The lowest BCUT2D eigenvalue weighted by Crippen LogP contribution is -2.67. The highest BCUT2D eigenvalue weighted by Crippen LogP contribution is 2.35. The molecule has 20 nitrogen and oxygen atoms in total. The molecule has 6 bridgehead atoms. The molecule has 6 heterocycles. The first-order chi connectivity index (χ1) is 34.3. The Morgan fingerprint density at radius 1 is 1.01 bits per heavy atom. The number of carbonyl (C=O) groups excluding carboxylic acids is 5. The summed E-state index contributed by atoms with van der Waals surface area (Å²) in [7, 11) is 2.98. The number of nitrogens with one attached hydrogen (secondary N) is 2. The van der Waals surface area contributed by atoms with Gasteiger partial charge in [-0.1, -0.05) is 45.7 Å². The number of cyclic esters (lactones) is 1. The zero-order valence-corrected chi connectivity index (χ0v) is 41.8. The molecule has 0 saturated carbocycles. The van der Waals surface area contributed by atoms with Crippen LogP contribution in [0.2, 0.25) is 0 Å². The monoisotopic (exact) mass is 991 g/mol. The van der Waals surface area contributed by atoms with E-state index in [4.69, 9.17) is 19.2 Å². The van der Waals surface area contributed by atoms with Gasteiger partial charge < -0.3 is 49.2 Å². The lowest BCUT2D eigenvalue weighted by molar-refractivity contribution is -0.189. The number of ether oxygens (including phenoxy) is 3. The number of nitrogens with zero attached hydrogens (tertiary/aromatic N) is 7. The molecule has 3 fully saturated rings. The smallest absolute Gasteiger partial charge is 0.355 e. The number of amides is 4. The first-order valence-electron chi connectivity index (χ1n) is 24.4. The average Bonchev–Trinajstić information content (AvgIpc) is 3.93. The summed E-state index contributed by atoms with van der Waals surface area (Å²) >= 11 is 0. The minimum atomic E-state index is -2.32. The van der Waals surface area contributed by atoms with E-state index in [1.165, 1.54) is 18.0 Å². The van der Waals surface area contributed by atoms with Crippen LogP contribution in [0.1, 0.15) is 58.2 Å². The van der Waals surface area contributed by atoms with Gasteiger partial charge in [0.2, 0.25) is 11.6 Å². The van der Waals surface area contributed by atoms with E-state index in [0.29, 0.717) is 73.1 Å². The molecule has 1 unspecified atom stereocenters. The number of morpholine rings is 1. The van der Waals surface area contributed by atoms with Crippen molar-refractivity contribution in [3.8, 4) is 40.1 Å². The van der Waals surface area contributed by atoms with Crippen molar-refractivity contribution < 1.29 is 53.5 Å². The van der Waals surface area contributed by atoms with Crippen LogP contribution in [-0.4, -0.2) is 176 Å². The number of aliphatic hydroxyl groups is 2. The van der Waals surface area contributed by atoms with Gasteiger partial charge in [-0.05, 0) is 71.3 Å². The molecule has 4 atom stereocenters. The Balaban J connectivity index is 1.11. The largest absolute Gasteiger partial charge is 0.508 e. The maximum Gasteiger partial charge on any atom is 0.355 e. The van der Waals surface area contributed by atoms with E-state index in [2.05, 4.69) is 32.5 Å². The zero-order valence-electron chi connectivity index (χ0n) is 41.8. The van der Waals surface area contributed by atoms with Gasteiger partial charge in [-0.25, -0.2) is 9.78 Å². The van der Waals surface area contributed by atoms with E-state index in [1.54, 1.807) is 33.2 Å². The van der Waals surface area contributed by atoms with Crippen molar-refractivity contribution in [3.63, 3.8) is 0 Å². The van der Waals surface area contributed by atoms with Crippen LogP contribution in [0, 0.1) is 23.2 Å². The number of fused-ring (bicyclic) bond motifs is 6. The predicted molar refractivity (Wildman–Crippen MR) is 263 cm³/mol. The number of phenols is 1. The molecule has 5 N–H and O–H groups in total. The van der Waals surface area contributed by atoms with E-state index in [0.717, 1.165) is 21.0 Å². The Hall–Kier alpha value is -6.47. The lowest BCUT2D eigenvalue weighted by atomic mass is 9.93. The first kappa shape index (κ1) is 51.9. The Bertz CT molecular complexity index is 2780. The number of benzene rings is 2. The van der Waals surface area contributed by atoms with Crippen molar-refractivity contribution in [2.75, 3.05) is 73.2 Å². The van der Waals surface area contributed by atoms with Gasteiger partial charge in [0, 0.05) is 83.3 Å². The Labute approximate surface area is 418 Å². The van der Waals surface area contributed by atoms with Crippen LogP contribution in [0.4, 0.5) is 0 Å². The van der Waals surface area contributed by atoms with Crippen molar-refractivity contribution in [3.05, 3.63) is 66.0 Å². The standard InChI is InChI=1S/C52H65N9O11/c1-33(2)44(57(5)48(66)51(68)15-19-59(31-51)43(63)11-8-17-58-20-22-71-23-21-58)46(64)55-40-26-34-24-36(27-37(62)25-34)35-12-13-39-42(28-35)60(45(54-39)38-10-7-16-53-41(38)29-70-6)30-50(3,4)32-72-49(67)52(69)14-9-18-61(56-52)47(40)65/h7,10,12-13,16,24-25,27-28,33,40,44,56,62,68-69H,9,14-15,17-23,26,29-32H2,1-6H3,(H,55,64)/t40-,44-,51?,52-/m0/s1. The maximum absolute atomic E-state index is 14.8. The molecule has 4 aliphatic rings. The van der Waals surface area contributed by atoms with Crippen LogP contribution in [0.3, 0.4) is 0 Å². The number of likely N-dealkylation sites (tertiary alicyclic amines) is 1. The minimum absolute atomic E-state index is 0.0506. The summed E-state index contributed by atoms with van der Waals surface area (Å²) in [6.45, 7) is 10.5. The van der Waals surface area contributed by atoms with E-state index >= 15 is 0 Å². The van der Waals surface area contributed by atoms with Gasteiger partial charge >= 0.3 is 5.97 Å². The summed E-state index contributed by atoms with van der Waals surface area (Å²) in [5.41, 5.74) is 2.20. The number of aromatic hydroxyl groups is 1. The molecule has 0 spiro atoms. The molecule has 0 radical (unpaired) electrons. The summed E-state index contributed by atoms with van der Waals surface area (Å²) in [4.78, 5) is 84.9. The second-order valence-electron chi connectivity index (χ2n) is 20.4. The summed E-state index contributed by atoms with van der Waals surface area (Å²) < 4.78 is 18.8. The number of aromatic nitrogens is 3. The third-order valence-electron chi connectivity index (χ3n) is 13.7. The van der Waals surface area contributed by atoms with Gasteiger partial charge in [0.15, 0.2) is 5.60 Å². The number of methoxy groups -OCH3 is 1. The number of hydrogen-bond acceptors (Lipinski definition) is 15. The SMILES string of the molecule is COCc1ncccc1-c1nc2ccc3cc2n1CC(C)(C)COC(=O)[C@@]1(O)CCCN(N1)C(=O)[C@@H](NC(=O)[C@H](C(C)C)N(C)C(=O)C1(O)CCN(C(=O)C#CCN2CCOCC2)C1)Cc1cc(O)cc-3c1. The van der Waals surface area contributed by atoms with Crippen molar-refractivity contribution in [2.24, 2.45) is 11.3 Å². The molecular formula is C52H65N9O11. The number of hydrazine groups is 1. The molecule has 4 aliphatic heterocycles. The van der Waals surface area contributed by atoms with Crippen molar-refractivity contribution in [1.82, 2.24) is 45.0 Å². The molecule has 384 valence electrons. The highest BCUT2D eigenvalue weighted by Gasteiger charge is 2.49. The topological polar surface area (TPSA) is 241 Å². The highest BCUT2D eigenvalue weighted by molar-refractivity contribution is 5.97. The number of imidazole rings is 1. The molecule has 4 amide bonds. The number of pyridine rings is 1. The van der Waals surface area contributed by atoms with E-state index in [1.807, 2.05) is 54.8 Å². The van der Waals surface area contributed by atoms with Crippen LogP contribution in [0.25, 0.3) is 33.5 Å². The van der Waals surface area contributed by atoms with Crippen molar-refractivity contribution in [1.29, 1.82) is 0 Å². The van der Waals surface area contributed by atoms with E-state index in [-0.39, 0.29) is 64.3 Å². The Kier molecular flexibility index (Phi) is 15.4. The van der Waals surface area contributed by atoms with Crippen molar-refractivity contribution >= 4 is 40.6 Å². The fourth-order valence-electron chi connectivity index (χ4n) is 9.98. The highest BCUT2D eigenvalue weighted by atomic mass is 16.6. The number of hydrogen-bond donors (Lipinski definition) is 5. The second-order valence-corrected chi connectivity index (χ2v) is 20.4. The van der Waals surface area contributed by atoms with Gasteiger partial charge in [-0.15, -0.1) is 0 Å². The molecule has 2 aromatic heterocycles. The third kappa shape index (κ3) is 11.3. The number of β-amino-alcohol motifs (C(OH)–C–C–N with tert-alkyl or cyclic N) is 1. The summed E-state index contributed by atoms with van der Waals surface area (Å²) in [6, 6.07) is 11.7. The molecule has 0 aliphatic carbocycles. The fraction of sp³-hybridized carbons (Fsp3) is 0.519. The number of carbonyl (C=O) groups is 5. The molecule has 8 rings (SSSR count). The second kappa shape index (κ2) is 21.3. The summed E-state index contributed by atoms with van der Waals surface area (Å²) in [5, 5.41) is 38.8. The van der Waals surface area contributed by atoms with Gasteiger partial charge in [-0.2, -0.15) is 5.43 Å². The Morgan fingerprint density at radius 3 is 2.54 bits per heavy atom. The molecule has 4 aromatic rings. The van der Waals surface area contributed by atoms with Crippen LogP contribution in [0.15, 0.2) is 54.7 Å². The maximum atomic E-state index is 14.8.